The fourth-order valence-corrected chi connectivity index (χ4v) is 3.13. The third-order valence-corrected chi connectivity index (χ3v) is 5.11. The predicted octanol–water partition coefficient (Wildman–Crippen LogP) is 4.04. The molecule has 0 heterocycles. The van der Waals surface area contributed by atoms with Crippen LogP contribution in [-0.2, 0) is 11.2 Å². The summed E-state index contributed by atoms with van der Waals surface area (Å²) in [5.41, 5.74) is 1.59. The maximum Gasteiger partial charge on any atom is 0.490 e. The number of carboxylic acid groups (broad SMARTS) is 1. The Balaban J connectivity index is 0.000000708. The number of aliphatic hydroxyl groups excluding tert-OH is 2. The lowest BCUT2D eigenvalue weighted by Gasteiger charge is -2.19. The molecule has 0 aromatic heterocycles. The second-order valence-corrected chi connectivity index (χ2v) is 8.33. The van der Waals surface area contributed by atoms with Crippen molar-refractivity contribution in [1.82, 2.24) is 5.32 Å². The Hall–Kier alpha value is -4.20. The second-order valence-electron chi connectivity index (χ2n) is 8.33. The number of anilines is 2. The van der Waals surface area contributed by atoms with Gasteiger partial charge >= 0.3 is 18.2 Å². The van der Waals surface area contributed by atoms with Gasteiger partial charge in [-0.05, 0) is 48.4 Å². The minimum atomic E-state index is -5.08. The minimum Gasteiger partial charge on any atom is -0.491 e. The number of ether oxygens (including phenoxy) is 1. The van der Waals surface area contributed by atoms with Gasteiger partial charge in [0.25, 0.3) is 0 Å². The lowest BCUT2D eigenvalue weighted by atomic mass is 10.1. The van der Waals surface area contributed by atoms with E-state index >= 15 is 0 Å². The van der Waals surface area contributed by atoms with Gasteiger partial charge in [-0.3, -0.25) is 0 Å². The SMILES string of the molecule is O=C(Nc1ccc(C[C@@H](CO)NC[C@H](O)COc2ccccc2)cc1)Nc1ccccc1F.O=C(O)C(F)(F)F. The van der Waals surface area contributed by atoms with Crippen molar-refractivity contribution >= 4 is 23.4 Å². The third-order valence-electron chi connectivity index (χ3n) is 5.11. The highest BCUT2D eigenvalue weighted by atomic mass is 19.4. The summed E-state index contributed by atoms with van der Waals surface area (Å²) in [6.07, 6.45) is -5.27. The number of hydrogen-bond acceptors (Lipinski definition) is 6. The molecule has 3 rings (SSSR count). The van der Waals surface area contributed by atoms with Crippen molar-refractivity contribution in [2.24, 2.45) is 0 Å². The van der Waals surface area contributed by atoms with E-state index in [1.165, 1.54) is 12.1 Å². The molecule has 0 bridgehead atoms. The molecule has 3 aromatic rings. The first-order valence-corrected chi connectivity index (χ1v) is 11.9. The van der Waals surface area contributed by atoms with Gasteiger partial charge in [-0.25, -0.2) is 14.0 Å². The zero-order chi connectivity index (χ0) is 29.5. The molecule has 216 valence electrons. The van der Waals surface area contributed by atoms with Crippen molar-refractivity contribution in [1.29, 1.82) is 0 Å². The molecule has 0 aliphatic carbocycles. The molecule has 9 nitrogen and oxygen atoms in total. The van der Waals surface area contributed by atoms with Gasteiger partial charge in [0, 0.05) is 18.3 Å². The van der Waals surface area contributed by atoms with E-state index in [1.807, 2.05) is 42.5 Å². The van der Waals surface area contributed by atoms with E-state index in [4.69, 9.17) is 14.6 Å². The maximum atomic E-state index is 13.6. The van der Waals surface area contributed by atoms with Gasteiger partial charge in [-0.15, -0.1) is 0 Å². The lowest BCUT2D eigenvalue weighted by Crippen LogP contribution is -2.41. The Morgan fingerprint density at radius 3 is 2.08 bits per heavy atom. The molecule has 3 aromatic carbocycles. The molecule has 0 spiro atoms. The maximum absolute atomic E-state index is 13.6. The molecule has 0 saturated carbocycles. The summed E-state index contributed by atoms with van der Waals surface area (Å²) in [4.78, 5) is 21.0. The number of halogens is 4. The third kappa shape index (κ3) is 12.1. The van der Waals surface area contributed by atoms with Crippen LogP contribution >= 0.6 is 0 Å². The van der Waals surface area contributed by atoms with Crippen LogP contribution in [0.1, 0.15) is 5.56 Å². The predicted molar refractivity (Wildman–Crippen MR) is 140 cm³/mol. The van der Waals surface area contributed by atoms with Gasteiger partial charge in [0.15, 0.2) is 0 Å². The fraction of sp³-hybridized carbons (Fsp3) is 0.259. The topological polar surface area (TPSA) is 140 Å². The molecular weight excluding hydrogens is 538 g/mol. The Labute approximate surface area is 227 Å². The van der Waals surface area contributed by atoms with Crippen LogP contribution in [-0.4, -0.2) is 65.4 Å². The molecule has 0 radical (unpaired) electrons. The monoisotopic (exact) mass is 567 g/mol. The summed E-state index contributed by atoms with van der Waals surface area (Å²) < 4.78 is 50.9. The van der Waals surface area contributed by atoms with Crippen LogP contribution in [0.2, 0.25) is 0 Å². The Kier molecular flexibility index (Phi) is 12.8. The summed E-state index contributed by atoms with van der Waals surface area (Å²) >= 11 is 0. The summed E-state index contributed by atoms with van der Waals surface area (Å²) in [6, 6.07) is 21.5. The molecule has 2 amide bonds. The van der Waals surface area contributed by atoms with Gasteiger partial charge in [-0.2, -0.15) is 13.2 Å². The highest BCUT2D eigenvalue weighted by Gasteiger charge is 2.38. The molecular formula is C27H29F4N3O6. The van der Waals surface area contributed by atoms with Gasteiger partial charge in [0.05, 0.1) is 12.3 Å². The average Bonchev–Trinajstić information content (AvgIpc) is 2.92. The highest BCUT2D eigenvalue weighted by molar-refractivity contribution is 5.99. The number of nitrogens with one attached hydrogen (secondary N) is 3. The number of para-hydroxylation sites is 2. The summed E-state index contributed by atoms with van der Waals surface area (Å²) in [7, 11) is 0. The quantitative estimate of drug-likeness (QED) is 0.192. The van der Waals surface area contributed by atoms with Crippen molar-refractivity contribution in [3.05, 3.63) is 90.2 Å². The average molecular weight is 568 g/mol. The van der Waals surface area contributed by atoms with E-state index in [-0.39, 0.29) is 31.5 Å². The zero-order valence-corrected chi connectivity index (χ0v) is 21.1. The van der Waals surface area contributed by atoms with Gasteiger partial charge < -0.3 is 36.0 Å². The first kappa shape index (κ1) is 32.0. The number of aliphatic carboxylic acids is 1. The number of urea groups is 1. The summed E-state index contributed by atoms with van der Waals surface area (Å²) in [5, 5.41) is 35.2. The van der Waals surface area contributed by atoms with E-state index in [0.717, 1.165) is 5.56 Å². The number of carboxylic acids is 1. The number of aliphatic hydroxyl groups is 2. The van der Waals surface area contributed by atoms with E-state index in [9.17, 15) is 32.6 Å². The number of hydrogen-bond donors (Lipinski definition) is 6. The highest BCUT2D eigenvalue weighted by Crippen LogP contribution is 2.15. The van der Waals surface area contributed by atoms with Crippen LogP contribution < -0.4 is 20.7 Å². The molecule has 0 saturated heterocycles. The minimum absolute atomic E-state index is 0.0971. The second kappa shape index (κ2) is 16.0. The van der Waals surface area contributed by atoms with E-state index in [2.05, 4.69) is 16.0 Å². The van der Waals surface area contributed by atoms with Gasteiger partial charge in [0.1, 0.15) is 24.3 Å². The number of amides is 2. The molecule has 2 atom stereocenters. The van der Waals surface area contributed by atoms with Crippen molar-refractivity contribution in [2.75, 3.05) is 30.4 Å². The largest absolute Gasteiger partial charge is 0.491 e. The molecule has 40 heavy (non-hydrogen) atoms. The molecule has 0 aliphatic heterocycles. The Morgan fingerprint density at radius 1 is 0.900 bits per heavy atom. The van der Waals surface area contributed by atoms with Crippen molar-refractivity contribution in [3.63, 3.8) is 0 Å². The van der Waals surface area contributed by atoms with E-state index < -0.39 is 30.1 Å². The van der Waals surface area contributed by atoms with Crippen LogP contribution in [0.3, 0.4) is 0 Å². The molecule has 0 fully saturated rings. The smallest absolute Gasteiger partial charge is 0.490 e. The standard InChI is InChI=1S/C25H28FN3O4.C2HF3O2/c26-23-8-4-5-9-24(23)29-25(32)28-19-12-10-18(11-13-19)14-20(16-30)27-15-21(31)17-33-22-6-2-1-3-7-22;3-2(4,5)1(6)7/h1-13,20-21,27,30-31H,14-17H2,(H2,28,29,32);(H,6,7)/t20-,21-;/m0./s1. The lowest BCUT2D eigenvalue weighted by molar-refractivity contribution is -0.192. The summed E-state index contributed by atoms with van der Waals surface area (Å²) in [5.74, 6) is -2.58. The first-order chi connectivity index (χ1) is 19.0. The van der Waals surface area contributed by atoms with Crippen molar-refractivity contribution in [3.8, 4) is 5.75 Å². The zero-order valence-electron chi connectivity index (χ0n) is 21.1. The van der Waals surface area contributed by atoms with Crippen LogP contribution in [0, 0.1) is 5.82 Å². The first-order valence-electron chi connectivity index (χ1n) is 11.9. The fourth-order valence-electron chi connectivity index (χ4n) is 3.13. The van der Waals surface area contributed by atoms with Gasteiger partial charge in [0.2, 0.25) is 0 Å². The normalized spacial score (nSPS) is 12.3. The van der Waals surface area contributed by atoms with Crippen LogP contribution in [0.5, 0.6) is 5.75 Å². The van der Waals surface area contributed by atoms with Crippen LogP contribution in [0.15, 0.2) is 78.9 Å². The number of alkyl halides is 3. The molecule has 13 heteroatoms. The summed E-state index contributed by atoms with van der Waals surface area (Å²) in [6.45, 7) is 0.315. The van der Waals surface area contributed by atoms with E-state index in [0.29, 0.717) is 17.9 Å². The van der Waals surface area contributed by atoms with E-state index in [1.54, 1.807) is 24.3 Å². The number of rotatable bonds is 11. The Bertz CT molecular complexity index is 1200. The molecule has 0 unspecified atom stereocenters. The van der Waals surface area contributed by atoms with Crippen molar-refractivity contribution in [2.45, 2.75) is 24.7 Å². The van der Waals surface area contributed by atoms with Crippen LogP contribution in [0.4, 0.5) is 33.7 Å². The van der Waals surface area contributed by atoms with Crippen molar-refractivity contribution < 1.29 is 47.2 Å². The number of benzene rings is 3. The molecule has 6 N–H and O–H groups in total. The Morgan fingerprint density at radius 2 is 1.50 bits per heavy atom. The van der Waals surface area contributed by atoms with Crippen LogP contribution in [0.25, 0.3) is 0 Å². The number of carbonyl (C=O) groups is 2. The number of carbonyl (C=O) groups excluding carboxylic acids is 1. The molecule has 0 aliphatic rings. The van der Waals surface area contributed by atoms with Gasteiger partial charge in [-0.1, -0.05) is 42.5 Å².